The van der Waals surface area contributed by atoms with Crippen LogP contribution in [0.25, 0.3) is 0 Å². The van der Waals surface area contributed by atoms with Gasteiger partial charge in [0.15, 0.2) is 0 Å². The summed E-state index contributed by atoms with van der Waals surface area (Å²) in [5.41, 5.74) is 6.45. The van der Waals surface area contributed by atoms with Gasteiger partial charge in [-0.25, -0.2) is 13.1 Å². The summed E-state index contributed by atoms with van der Waals surface area (Å²) in [7, 11) is -3.59. The molecule has 0 saturated heterocycles. The Morgan fingerprint density at radius 3 is 2.70 bits per heavy atom. The average molecular weight is 321 g/mol. The Morgan fingerprint density at radius 2 is 2.05 bits per heavy atom. The second-order valence-corrected chi connectivity index (χ2v) is 6.65. The number of anilines is 1. The molecule has 0 amide bonds. The summed E-state index contributed by atoms with van der Waals surface area (Å²) in [6, 6.07) is 2.92. The molecule has 0 heterocycles. The number of hydrogen-bond acceptors (Lipinski definition) is 4. The minimum Gasteiger partial charge on any atom is -0.397 e. The number of benzene rings is 1. The Bertz CT molecular complexity index is 547. The molecule has 114 valence electrons. The average Bonchev–Trinajstić information content (AvgIpc) is 2.37. The molecule has 1 rings (SSSR count). The molecule has 0 aliphatic rings. The highest BCUT2D eigenvalue weighted by molar-refractivity contribution is 7.89. The van der Waals surface area contributed by atoms with Crippen molar-refractivity contribution >= 4 is 27.3 Å². The number of nitrogen functional groups attached to an aromatic ring is 1. The molecule has 0 aromatic heterocycles. The molecule has 20 heavy (non-hydrogen) atoms. The second kappa shape index (κ2) is 7.83. The normalized spacial score (nSPS) is 11.8. The number of nitrogens with two attached hydrogens (primary N) is 1. The molecule has 0 fully saturated rings. The Hall–Kier alpha value is -0.820. The van der Waals surface area contributed by atoms with Crippen LogP contribution in [0.5, 0.6) is 0 Å². The van der Waals surface area contributed by atoms with Crippen molar-refractivity contribution in [3.05, 3.63) is 22.7 Å². The predicted molar refractivity (Wildman–Crippen MR) is 81.5 cm³/mol. The smallest absolute Gasteiger partial charge is 0.240 e. The quantitative estimate of drug-likeness (QED) is 0.569. The van der Waals surface area contributed by atoms with Gasteiger partial charge >= 0.3 is 0 Å². The molecule has 5 nitrogen and oxygen atoms in total. The summed E-state index contributed by atoms with van der Waals surface area (Å²) in [6.45, 7) is 4.97. The molecule has 0 saturated carbocycles. The van der Waals surface area contributed by atoms with Crippen LogP contribution < -0.4 is 10.5 Å². The third-order valence-electron chi connectivity index (χ3n) is 2.76. The van der Waals surface area contributed by atoms with E-state index in [1.54, 1.807) is 13.0 Å². The lowest BCUT2D eigenvalue weighted by Crippen LogP contribution is -2.28. The van der Waals surface area contributed by atoms with Gasteiger partial charge in [-0.05, 0) is 31.0 Å². The maximum absolute atomic E-state index is 12.1. The van der Waals surface area contributed by atoms with Crippen molar-refractivity contribution in [3.8, 4) is 0 Å². The molecule has 7 heteroatoms. The van der Waals surface area contributed by atoms with Crippen LogP contribution in [-0.4, -0.2) is 28.2 Å². The topological polar surface area (TPSA) is 81.4 Å². The zero-order valence-corrected chi connectivity index (χ0v) is 13.4. The summed E-state index contributed by atoms with van der Waals surface area (Å²) >= 11 is 5.85. The Balaban J connectivity index is 2.63. The second-order valence-electron chi connectivity index (χ2n) is 4.50. The summed E-state index contributed by atoms with van der Waals surface area (Å²) < 4.78 is 32.1. The summed E-state index contributed by atoms with van der Waals surface area (Å²) in [4.78, 5) is 0.146. The van der Waals surface area contributed by atoms with Crippen LogP contribution >= 0.6 is 11.6 Å². The maximum Gasteiger partial charge on any atom is 0.240 e. The van der Waals surface area contributed by atoms with Crippen LogP contribution in [0.3, 0.4) is 0 Å². The maximum atomic E-state index is 12.1. The Kier molecular flexibility index (Phi) is 6.75. The van der Waals surface area contributed by atoms with Crippen LogP contribution in [0.15, 0.2) is 17.0 Å². The number of rotatable bonds is 8. The lowest BCUT2D eigenvalue weighted by Gasteiger charge is -2.11. The van der Waals surface area contributed by atoms with Gasteiger partial charge in [0, 0.05) is 13.2 Å². The van der Waals surface area contributed by atoms with Crippen molar-refractivity contribution < 1.29 is 13.2 Å². The van der Waals surface area contributed by atoms with Gasteiger partial charge in [-0.1, -0.05) is 24.9 Å². The molecule has 0 aliphatic heterocycles. The fourth-order valence-electron chi connectivity index (χ4n) is 1.63. The molecule has 0 bridgehead atoms. The van der Waals surface area contributed by atoms with E-state index in [0.29, 0.717) is 23.8 Å². The highest BCUT2D eigenvalue weighted by Gasteiger charge is 2.17. The zero-order valence-electron chi connectivity index (χ0n) is 11.8. The molecule has 0 unspecified atom stereocenters. The van der Waals surface area contributed by atoms with Gasteiger partial charge in [-0.15, -0.1) is 0 Å². The number of hydrogen-bond donors (Lipinski definition) is 2. The predicted octanol–water partition coefficient (Wildman–Crippen LogP) is 2.33. The molecule has 3 N–H and O–H groups in total. The van der Waals surface area contributed by atoms with Gasteiger partial charge in [0.05, 0.1) is 22.2 Å². The van der Waals surface area contributed by atoms with E-state index < -0.39 is 10.0 Å². The first-order valence-electron chi connectivity index (χ1n) is 6.51. The third-order valence-corrected chi connectivity index (χ3v) is 4.69. The van der Waals surface area contributed by atoms with E-state index in [2.05, 4.69) is 11.6 Å². The van der Waals surface area contributed by atoms with Crippen LogP contribution in [0, 0.1) is 6.92 Å². The standard InChI is InChI=1S/C13H21ClN2O3S/c1-3-4-6-19-7-5-16-20(17,18)13-9-12(15)11(14)8-10(13)2/h8-9,16H,3-7,15H2,1-2H3. The molecule has 0 aliphatic carbocycles. The van der Waals surface area contributed by atoms with Crippen LogP contribution in [0.2, 0.25) is 5.02 Å². The summed E-state index contributed by atoms with van der Waals surface area (Å²) in [5, 5.41) is 0.351. The van der Waals surface area contributed by atoms with E-state index in [1.807, 2.05) is 0 Å². The minimum atomic E-state index is -3.59. The fourth-order valence-corrected chi connectivity index (χ4v) is 3.12. The van der Waals surface area contributed by atoms with Crippen molar-refractivity contribution in [2.24, 2.45) is 0 Å². The minimum absolute atomic E-state index is 0.146. The summed E-state index contributed by atoms with van der Waals surface area (Å²) in [5.74, 6) is 0. The molecule has 0 radical (unpaired) electrons. The van der Waals surface area contributed by atoms with Gasteiger partial charge in [-0.2, -0.15) is 0 Å². The van der Waals surface area contributed by atoms with Crippen molar-refractivity contribution in [2.75, 3.05) is 25.5 Å². The highest BCUT2D eigenvalue weighted by Crippen LogP contribution is 2.25. The number of ether oxygens (including phenoxy) is 1. The van der Waals surface area contributed by atoms with E-state index in [-0.39, 0.29) is 17.1 Å². The number of sulfonamides is 1. The molecule has 0 atom stereocenters. The molecular weight excluding hydrogens is 300 g/mol. The lowest BCUT2D eigenvalue weighted by molar-refractivity contribution is 0.136. The van der Waals surface area contributed by atoms with E-state index in [9.17, 15) is 8.42 Å². The van der Waals surface area contributed by atoms with Gasteiger partial charge < -0.3 is 10.5 Å². The first-order valence-corrected chi connectivity index (χ1v) is 8.37. The van der Waals surface area contributed by atoms with Gasteiger partial charge in [0.1, 0.15) is 0 Å². The van der Waals surface area contributed by atoms with Crippen LogP contribution in [0.1, 0.15) is 25.3 Å². The monoisotopic (exact) mass is 320 g/mol. The van der Waals surface area contributed by atoms with Crippen molar-refractivity contribution in [1.82, 2.24) is 4.72 Å². The third kappa shape index (κ3) is 4.94. The number of halogens is 1. The van der Waals surface area contributed by atoms with Gasteiger partial charge in [0.25, 0.3) is 0 Å². The van der Waals surface area contributed by atoms with Gasteiger partial charge in [0.2, 0.25) is 10.0 Å². The largest absolute Gasteiger partial charge is 0.397 e. The van der Waals surface area contributed by atoms with Crippen molar-refractivity contribution in [1.29, 1.82) is 0 Å². The Labute approximate surface area is 125 Å². The molecular formula is C13H21ClN2O3S. The van der Waals surface area contributed by atoms with E-state index in [4.69, 9.17) is 22.1 Å². The Morgan fingerprint density at radius 1 is 1.35 bits per heavy atom. The van der Waals surface area contributed by atoms with E-state index >= 15 is 0 Å². The number of aryl methyl sites for hydroxylation is 1. The first-order chi connectivity index (χ1) is 9.38. The molecule has 0 spiro atoms. The SMILES string of the molecule is CCCCOCCNS(=O)(=O)c1cc(N)c(Cl)cc1C. The summed E-state index contributed by atoms with van der Waals surface area (Å²) in [6.07, 6.45) is 2.02. The molecule has 1 aromatic carbocycles. The number of unbranched alkanes of at least 4 members (excludes halogenated alkanes) is 1. The van der Waals surface area contributed by atoms with E-state index in [1.165, 1.54) is 6.07 Å². The number of nitrogens with one attached hydrogen (secondary N) is 1. The zero-order chi connectivity index (χ0) is 15.2. The fraction of sp³-hybridized carbons (Fsp3) is 0.538. The van der Waals surface area contributed by atoms with Crippen LogP contribution in [0.4, 0.5) is 5.69 Å². The van der Waals surface area contributed by atoms with Crippen LogP contribution in [-0.2, 0) is 14.8 Å². The van der Waals surface area contributed by atoms with Crippen molar-refractivity contribution in [2.45, 2.75) is 31.6 Å². The molecule has 1 aromatic rings. The first kappa shape index (κ1) is 17.2. The van der Waals surface area contributed by atoms with Crippen molar-refractivity contribution in [3.63, 3.8) is 0 Å². The van der Waals surface area contributed by atoms with E-state index in [0.717, 1.165) is 12.8 Å². The lowest BCUT2D eigenvalue weighted by atomic mass is 10.2. The van der Waals surface area contributed by atoms with Gasteiger partial charge in [-0.3, -0.25) is 0 Å². The highest BCUT2D eigenvalue weighted by atomic mass is 35.5.